The highest BCUT2D eigenvalue weighted by atomic mass is 16.1. The molecule has 0 amide bonds. The molecule has 1 heterocycles. The zero-order chi connectivity index (χ0) is 14.3. The fourth-order valence-corrected chi connectivity index (χ4v) is 2.83. The molecule has 0 radical (unpaired) electrons. The van der Waals surface area contributed by atoms with Crippen molar-refractivity contribution in [1.82, 2.24) is 4.57 Å². The van der Waals surface area contributed by atoms with E-state index in [2.05, 4.69) is 32.0 Å². The standard InChI is InChI=1S/C18H17NO/c1-12-9-10-16-13(2)18(15-7-5-4-6-8-15)19(14(3)20)17(16)11-12/h4-11H,1-3H3. The van der Waals surface area contributed by atoms with Gasteiger partial charge in [-0.2, -0.15) is 0 Å². The highest BCUT2D eigenvalue weighted by Crippen LogP contribution is 2.33. The van der Waals surface area contributed by atoms with Crippen molar-refractivity contribution in [1.29, 1.82) is 0 Å². The van der Waals surface area contributed by atoms with Crippen LogP contribution in [0.5, 0.6) is 0 Å². The van der Waals surface area contributed by atoms with Gasteiger partial charge in [-0.25, -0.2) is 0 Å². The van der Waals surface area contributed by atoms with E-state index in [1.165, 1.54) is 0 Å². The van der Waals surface area contributed by atoms with Crippen LogP contribution >= 0.6 is 0 Å². The number of carbonyl (C=O) groups is 1. The number of rotatable bonds is 1. The minimum atomic E-state index is 0.0487. The van der Waals surface area contributed by atoms with Gasteiger partial charge < -0.3 is 0 Å². The molecule has 0 aliphatic carbocycles. The van der Waals surface area contributed by atoms with E-state index in [-0.39, 0.29) is 5.91 Å². The van der Waals surface area contributed by atoms with Crippen LogP contribution in [0.1, 0.15) is 22.8 Å². The Bertz CT molecular complexity index is 797. The lowest BCUT2D eigenvalue weighted by molar-refractivity contribution is 0.0943. The maximum Gasteiger partial charge on any atom is 0.228 e. The summed E-state index contributed by atoms with van der Waals surface area (Å²) in [4.78, 5) is 12.1. The molecule has 0 fully saturated rings. The molecule has 0 spiro atoms. The molecule has 0 aliphatic heterocycles. The summed E-state index contributed by atoms with van der Waals surface area (Å²) < 4.78 is 1.83. The zero-order valence-corrected chi connectivity index (χ0v) is 12.0. The highest BCUT2D eigenvalue weighted by molar-refractivity contribution is 6.00. The molecule has 3 rings (SSSR count). The molecule has 0 N–H and O–H groups in total. The number of carbonyl (C=O) groups excluding carboxylic acids is 1. The van der Waals surface area contributed by atoms with Gasteiger partial charge in [0.15, 0.2) is 0 Å². The number of aryl methyl sites for hydroxylation is 2. The summed E-state index contributed by atoms with van der Waals surface area (Å²) in [7, 11) is 0. The smallest absolute Gasteiger partial charge is 0.228 e. The second-order valence-electron chi connectivity index (χ2n) is 5.21. The maximum absolute atomic E-state index is 12.1. The largest absolute Gasteiger partial charge is 0.280 e. The van der Waals surface area contributed by atoms with Gasteiger partial charge in [-0.05, 0) is 36.6 Å². The predicted molar refractivity (Wildman–Crippen MR) is 83.1 cm³/mol. The average Bonchev–Trinajstić information content (AvgIpc) is 2.72. The molecule has 0 saturated heterocycles. The van der Waals surface area contributed by atoms with Crippen molar-refractivity contribution in [3.8, 4) is 11.3 Å². The van der Waals surface area contributed by atoms with Crippen LogP contribution < -0.4 is 0 Å². The molecule has 2 aromatic carbocycles. The molecule has 0 aliphatic rings. The van der Waals surface area contributed by atoms with Gasteiger partial charge in [0.25, 0.3) is 0 Å². The Hall–Kier alpha value is -2.35. The Morgan fingerprint density at radius 1 is 1.00 bits per heavy atom. The molecule has 2 nitrogen and oxygen atoms in total. The normalized spacial score (nSPS) is 10.9. The van der Waals surface area contributed by atoms with Crippen LogP contribution in [0.3, 0.4) is 0 Å². The van der Waals surface area contributed by atoms with Crippen LogP contribution in [-0.4, -0.2) is 10.5 Å². The third-order valence-electron chi connectivity index (χ3n) is 3.74. The Labute approximate surface area is 118 Å². The lowest BCUT2D eigenvalue weighted by atomic mass is 10.1. The van der Waals surface area contributed by atoms with E-state index in [1.54, 1.807) is 6.92 Å². The predicted octanol–water partition coefficient (Wildman–Crippen LogP) is 4.59. The number of hydrogen-bond donors (Lipinski definition) is 0. The number of benzene rings is 2. The SMILES string of the molecule is CC(=O)n1c(-c2ccccc2)c(C)c2ccc(C)cc21. The fourth-order valence-electron chi connectivity index (χ4n) is 2.83. The van der Waals surface area contributed by atoms with Gasteiger partial charge in [0.2, 0.25) is 5.91 Å². The van der Waals surface area contributed by atoms with Gasteiger partial charge in [0.1, 0.15) is 0 Å². The van der Waals surface area contributed by atoms with E-state index >= 15 is 0 Å². The monoisotopic (exact) mass is 263 g/mol. The number of hydrogen-bond acceptors (Lipinski definition) is 1. The Kier molecular flexibility index (Phi) is 2.94. The van der Waals surface area contributed by atoms with Crippen molar-refractivity contribution < 1.29 is 4.79 Å². The van der Waals surface area contributed by atoms with Crippen molar-refractivity contribution in [2.24, 2.45) is 0 Å². The van der Waals surface area contributed by atoms with Gasteiger partial charge in [-0.3, -0.25) is 9.36 Å². The van der Waals surface area contributed by atoms with Crippen LogP contribution in [-0.2, 0) is 0 Å². The molecular weight excluding hydrogens is 246 g/mol. The topological polar surface area (TPSA) is 22.0 Å². The maximum atomic E-state index is 12.1. The van der Waals surface area contributed by atoms with Gasteiger partial charge in [0, 0.05) is 12.3 Å². The summed E-state index contributed by atoms with van der Waals surface area (Å²) >= 11 is 0. The summed E-state index contributed by atoms with van der Waals surface area (Å²) in [6.45, 7) is 5.75. The lowest BCUT2D eigenvalue weighted by Gasteiger charge is -2.08. The van der Waals surface area contributed by atoms with Gasteiger partial charge in [-0.15, -0.1) is 0 Å². The van der Waals surface area contributed by atoms with Crippen molar-refractivity contribution >= 4 is 16.8 Å². The molecule has 1 aromatic heterocycles. The third-order valence-corrected chi connectivity index (χ3v) is 3.74. The van der Waals surface area contributed by atoms with E-state index in [0.29, 0.717) is 0 Å². The lowest BCUT2D eigenvalue weighted by Crippen LogP contribution is -2.07. The number of fused-ring (bicyclic) bond motifs is 1. The first-order chi connectivity index (χ1) is 9.59. The second-order valence-corrected chi connectivity index (χ2v) is 5.21. The van der Waals surface area contributed by atoms with Gasteiger partial charge in [-0.1, -0.05) is 42.5 Å². The summed E-state index contributed by atoms with van der Waals surface area (Å²) in [6.07, 6.45) is 0. The van der Waals surface area contributed by atoms with Crippen LogP contribution in [0.15, 0.2) is 48.5 Å². The summed E-state index contributed by atoms with van der Waals surface area (Å²) in [5, 5.41) is 1.14. The van der Waals surface area contributed by atoms with E-state index in [9.17, 15) is 4.79 Å². The quantitative estimate of drug-likeness (QED) is 0.629. The van der Waals surface area contributed by atoms with Crippen LogP contribution in [0, 0.1) is 13.8 Å². The summed E-state index contributed by atoms with van der Waals surface area (Å²) in [6, 6.07) is 16.4. The fraction of sp³-hybridized carbons (Fsp3) is 0.167. The van der Waals surface area contributed by atoms with E-state index in [1.807, 2.05) is 34.9 Å². The van der Waals surface area contributed by atoms with Crippen molar-refractivity contribution in [3.05, 3.63) is 59.7 Å². The van der Waals surface area contributed by atoms with E-state index in [0.717, 1.165) is 33.3 Å². The van der Waals surface area contributed by atoms with Crippen LogP contribution in [0.25, 0.3) is 22.2 Å². The molecule has 2 heteroatoms. The first-order valence-corrected chi connectivity index (χ1v) is 6.77. The van der Waals surface area contributed by atoms with Gasteiger partial charge >= 0.3 is 0 Å². The number of aromatic nitrogens is 1. The Balaban J connectivity index is 2.45. The van der Waals surface area contributed by atoms with Crippen LogP contribution in [0.4, 0.5) is 0 Å². The molecule has 0 saturated carbocycles. The van der Waals surface area contributed by atoms with E-state index in [4.69, 9.17) is 0 Å². The summed E-state index contributed by atoms with van der Waals surface area (Å²) in [5.41, 5.74) is 5.39. The van der Waals surface area contributed by atoms with Crippen LogP contribution in [0.2, 0.25) is 0 Å². The van der Waals surface area contributed by atoms with Crippen molar-refractivity contribution in [3.63, 3.8) is 0 Å². The Morgan fingerprint density at radius 3 is 2.35 bits per heavy atom. The molecule has 20 heavy (non-hydrogen) atoms. The minimum Gasteiger partial charge on any atom is -0.280 e. The highest BCUT2D eigenvalue weighted by Gasteiger charge is 2.17. The molecule has 0 unspecified atom stereocenters. The second kappa shape index (κ2) is 4.64. The third kappa shape index (κ3) is 1.85. The number of nitrogens with zero attached hydrogens (tertiary/aromatic N) is 1. The molecular formula is C18H17NO. The van der Waals surface area contributed by atoms with Crippen molar-refractivity contribution in [2.75, 3.05) is 0 Å². The zero-order valence-electron chi connectivity index (χ0n) is 12.0. The van der Waals surface area contributed by atoms with Crippen molar-refractivity contribution in [2.45, 2.75) is 20.8 Å². The molecule has 3 aromatic rings. The van der Waals surface area contributed by atoms with Gasteiger partial charge in [0.05, 0.1) is 11.2 Å². The first-order valence-electron chi connectivity index (χ1n) is 6.77. The first kappa shape index (κ1) is 12.7. The molecule has 0 bridgehead atoms. The minimum absolute atomic E-state index is 0.0487. The Morgan fingerprint density at radius 2 is 1.70 bits per heavy atom. The summed E-state index contributed by atoms with van der Waals surface area (Å²) in [5.74, 6) is 0.0487. The van der Waals surface area contributed by atoms with E-state index < -0.39 is 0 Å². The molecule has 100 valence electrons. The molecule has 0 atom stereocenters. The average molecular weight is 263 g/mol.